The zero-order chi connectivity index (χ0) is 21.0. The third kappa shape index (κ3) is 2.64. The van der Waals surface area contributed by atoms with E-state index in [4.69, 9.17) is 21.2 Å². The van der Waals surface area contributed by atoms with E-state index in [0.29, 0.717) is 42.9 Å². The summed E-state index contributed by atoms with van der Waals surface area (Å²) in [6.07, 6.45) is 4.41. The average molecular weight is 435 g/mol. The smallest absolute Gasteiger partial charge is 0.353 e. The third-order valence-electron chi connectivity index (χ3n) is 6.28. The van der Waals surface area contributed by atoms with Crippen molar-refractivity contribution in [3.63, 3.8) is 0 Å². The Morgan fingerprint density at radius 2 is 2.20 bits per heavy atom. The second-order valence-electron chi connectivity index (χ2n) is 7.90. The fourth-order valence-electron chi connectivity index (χ4n) is 4.78. The Morgan fingerprint density at radius 1 is 1.37 bits per heavy atom. The van der Waals surface area contributed by atoms with Crippen molar-refractivity contribution in [3.8, 4) is 5.69 Å². The van der Waals surface area contributed by atoms with E-state index in [9.17, 15) is 14.0 Å². The van der Waals surface area contributed by atoms with Crippen LogP contribution in [0.5, 0.6) is 0 Å². The highest BCUT2D eigenvalue weighted by Crippen LogP contribution is 2.47. The summed E-state index contributed by atoms with van der Waals surface area (Å²) in [5.41, 5.74) is -0.680. The predicted molar refractivity (Wildman–Crippen MR) is 105 cm³/mol. The first kappa shape index (κ1) is 19.3. The standard InChI is InChI=1S/C20H20ClFN4O4/c1-29-18(27)20-7-4-5-12(20)17(24-30-20)11-9-15(14(22)10-13(11)21)26-19(28)25-8-3-2-6-16(25)23-26/h9-10,12H,2-8H2,1H3. The fourth-order valence-corrected chi connectivity index (χ4v) is 5.03. The zero-order valence-corrected chi connectivity index (χ0v) is 17.1. The molecule has 1 saturated carbocycles. The Kier molecular flexibility index (Phi) is 4.46. The zero-order valence-electron chi connectivity index (χ0n) is 16.4. The van der Waals surface area contributed by atoms with Crippen LogP contribution in [0.2, 0.25) is 5.02 Å². The molecule has 0 spiro atoms. The Bertz CT molecular complexity index is 1140. The molecule has 2 atom stereocenters. The van der Waals surface area contributed by atoms with Gasteiger partial charge in [0.15, 0.2) is 5.82 Å². The lowest BCUT2D eigenvalue weighted by atomic mass is 9.84. The van der Waals surface area contributed by atoms with Gasteiger partial charge >= 0.3 is 11.7 Å². The molecule has 1 aliphatic carbocycles. The molecule has 2 aromatic rings. The van der Waals surface area contributed by atoms with Crippen LogP contribution < -0.4 is 5.69 Å². The SMILES string of the molecule is COC(=O)C12CCCC1C(c1cc(-n3nc4n(c3=O)CCCC4)c(F)cc1Cl)=NO2. The molecule has 0 bridgehead atoms. The van der Waals surface area contributed by atoms with E-state index < -0.39 is 17.4 Å². The highest BCUT2D eigenvalue weighted by molar-refractivity contribution is 6.34. The Balaban J connectivity index is 1.60. The molecule has 8 nitrogen and oxygen atoms in total. The van der Waals surface area contributed by atoms with Gasteiger partial charge in [0.2, 0.25) is 5.60 Å². The highest BCUT2D eigenvalue weighted by atomic mass is 35.5. The summed E-state index contributed by atoms with van der Waals surface area (Å²) in [5, 5.41) is 8.61. The van der Waals surface area contributed by atoms with Gasteiger partial charge in [-0.2, -0.15) is 4.68 Å². The molecule has 0 saturated heterocycles. The number of hydrogen-bond donors (Lipinski definition) is 0. The van der Waals surface area contributed by atoms with Crippen LogP contribution in [0, 0.1) is 11.7 Å². The number of halogens is 2. The van der Waals surface area contributed by atoms with Gasteiger partial charge in [-0.3, -0.25) is 4.57 Å². The first-order chi connectivity index (χ1) is 14.5. The van der Waals surface area contributed by atoms with Crippen molar-refractivity contribution in [1.29, 1.82) is 0 Å². The number of esters is 1. The van der Waals surface area contributed by atoms with Crippen LogP contribution in [0.1, 0.15) is 43.5 Å². The van der Waals surface area contributed by atoms with Gasteiger partial charge in [0.25, 0.3) is 0 Å². The quantitative estimate of drug-likeness (QED) is 0.693. The van der Waals surface area contributed by atoms with Crippen LogP contribution in [-0.4, -0.2) is 38.7 Å². The number of ether oxygens (including phenoxy) is 1. The fraction of sp³-hybridized carbons (Fsp3) is 0.500. The van der Waals surface area contributed by atoms with E-state index in [1.165, 1.54) is 13.2 Å². The lowest BCUT2D eigenvalue weighted by Gasteiger charge is -2.23. The Morgan fingerprint density at radius 3 is 2.97 bits per heavy atom. The van der Waals surface area contributed by atoms with Crippen molar-refractivity contribution in [2.24, 2.45) is 11.1 Å². The summed E-state index contributed by atoms with van der Waals surface area (Å²) in [6, 6.07) is 2.61. The molecule has 1 fully saturated rings. The first-order valence-corrected chi connectivity index (χ1v) is 10.4. The minimum absolute atomic E-state index is 0.00225. The maximum Gasteiger partial charge on any atom is 0.353 e. The number of fused-ring (bicyclic) bond motifs is 2. The lowest BCUT2D eigenvalue weighted by Crippen LogP contribution is -2.43. The number of carbonyl (C=O) groups is 1. The topological polar surface area (TPSA) is 87.7 Å². The van der Waals surface area contributed by atoms with Gasteiger partial charge in [-0.05, 0) is 37.8 Å². The molecule has 0 radical (unpaired) electrons. The van der Waals surface area contributed by atoms with Crippen LogP contribution in [0.3, 0.4) is 0 Å². The van der Waals surface area contributed by atoms with Crippen LogP contribution in [0.4, 0.5) is 4.39 Å². The van der Waals surface area contributed by atoms with Gasteiger partial charge in [-0.25, -0.2) is 14.0 Å². The van der Waals surface area contributed by atoms with E-state index in [1.54, 1.807) is 4.57 Å². The van der Waals surface area contributed by atoms with E-state index >= 15 is 0 Å². The molecular weight excluding hydrogens is 415 g/mol. The number of aromatic nitrogens is 3. The van der Waals surface area contributed by atoms with Crippen LogP contribution in [0.15, 0.2) is 22.1 Å². The minimum atomic E-state index is -1.17. The van der Waals surface area contributed by atoms with Crippen LogP contribution in [0.25, 0.3) is 5.69 Å². The summed E-state index contributed by atoms with van der Waals surface area (Å²) < 4.78 is 22.4. The van der Waals surface area contributed by atoms with Crippen molar-refractivity contribution in [3.05, 3.63) is 44.8 Å². The molecule has 158 valence electrons. The van der Waals surface area contributed by atoms with Gasteiger partial charge in [0.05, 0.1) is 23.8 Å². The molecule has 3 heterocycles. The van der Waals surface area contributed by atoms with Gasteiger partial charge in [-0.1, -0.05) is 16.8 Å². The number of aryl methyl sites for hydroxylation is 1. The van der Waals surface area contributed by atoms with Crippen molar-refractivity contribution in [2.45, 2.75) is 50.7 Å². The predicted octanol–water partition coefficient (Wildman–Crippen LogP) is 2.61. The Labute approximate surface area is 176 Å². The molecular formula is C20H20ClFN4O4. The summed E-state index contributed by atoms with van der Waals surface area (Å²) in [4.78, 5) is 30.8. The Hall–Kier alpha value is -2.68. The molecule has 0 amide bonds. The summed E-state index contributed by atoms with van der Waals surface area (Å²) in [5.74, 6) is -0.858. The monoisotopic (exact) mass is 434 g/mol. The second-order valence-corrected chi connectivity index (χ2v) is 8.30. The molecule has 0 N–H and O–H groups in total. The molecule has 10 heteroatoms. The number of oxime groups is 1. The molecule has 1 aromatic carbocycles. The molecule has 5 rings (SSSR count). The van der Waals surface area contributed by atoms with Gasteiger partial charge < -0.3 is 9.57 Å². The molecule has 1 aromatic heterocycles. The maximum atomic E-state index is 14.8. The van der Waals surface area contributed by atoms with Crippen molar-refractivity contribution in [2.75, 3.05) is 7.11 Å². The molecule has 2 aliphatic heterocycles. The van der Waals surface area contributed by atoms with Crippen LogP contribution >= 0.6 is 11.6 Å². The number of rotatable bonds is 3. The summed E-state index contributed by atoms with van der Waals surface area (Å²) in [7, 11) is 1.31. The number of benzene rings is 1. The van der Waals surface area contributed by atoms with E-state index in [2.05, 4.69) is 10.3 Å². The van der Waals surface area contributed by atoms with E-state index in [0.717, 1.165) is 30.0 Å². The summed E-state index contributed by atoms with van der Waals surface area (Å²) >= 11 is 6.35. The molecule has 3 aliphatic rings. The number of nitrogens with zero attached hydrogens (tertiary/aromatic N) is 4. The third-order valence-corrected chi connectivity index (χ3v) is 6.60. The average Bonchev–Trinajstić information content (AvgIpc) is 3.41. The maximum absolute atomic E-state index is 14.8. The van der Waals surface area contributed by atoms with E-state index in [-0.39, 0.29) is 22.3 Å². The van der Waals surface area contributed by atoms with E-state index in [1.807, 2.05) is 0 Å². The minimum Gasteiger partial charge on any atom is -0.466 e. The van der Waals surface area contributed by atoms with Crippen molar-refractivity contribution < 1.29 is 18.8 Å². The second kappa shape index (κ2) is 6.94. The van der Waals surface area contributed by atoms with Crippen LogP contribution in [-0.2, 0) is 27.3 Å². The number of carbonyl (C=O) groups excluding carboxylic acids is 1. The van der Waals surface area contributed by atoms with Gasteiger partial charge in [0.1, 0.15) is 11.5 Å². The molecule has 30 heavy (non-hydrogen) atoms. The number of hydrogen-bond acceptors (Lipinski definition) is 6. The van der Waals surface area contributed by atoms with Crippen molar-refractivity contribution >= 4 is 23.3 Å². The normalized spacial score (nSPS) is 24.8. The summed E-state index contributed by atoms with van der Waals surface area (Å²) in [6.45, 7) is 0.570. The largest absolute Gasteiger partial charge is 0.466 e. The number of methoxy groups -OCH3 is 1. The van der Waals surface area contributed by atoms with Gasteiger partial charge in [0, 0.05) is 24.9 Å². The van der Waals surface area contributed by atoms with Gasteiger partial charge in [-0.15, -0.1) is 5.10 Å². The lowest BCUT2D eigenvalue weighted by molar-refractivity contribution is -0.168. The van der Waals surface area contributed by atoms with Crippen molar-refractivity contribution in [1.82, 2.24) is 14.3 Å². The first-order valence-electron chi connectivity index (χ1n) is 9.99. The highest BCUT2D eigenvalue weighted by Gasteiger charge is 2.59. The molecule has 2 unspecified atom stereocenters.